The van der Waals surface area contributed by atoms with Gasteiger partial charge in [0.25, 0.3) is 0 Å². The molecule has 0 spiro atoms. The number of carboxylic acids is 1. The van der Waals surface area contributed by atoms with Gasteiger partial charge in [0.1, 0.15) is 0 Å². The molecule has 1 fully saturated rings. The van der Waals surface area contributed by atoms with Crippen molar-refractivity contribution in [3.63, 3.8) is 0 Å². The summed E-state index contributed by atoms with van der Waals surface area (Å²) >= 11 is 0. The largest absolute Gasteiger partial charge is 0.479 e. The average Bonchev–Trinajstić information content (AvgIpc) is 2.54. The lowest BCUT2D eigenvalue weighted by Gasteiger charge is -2.23. The molecular weight excluding hydrogens is 221 g/mol. The molecule has 1 unspecified atom stereocenters. The fourth-order valence-corrected chi connectivity index (χ4v) is 2.21. The number of carbonyl (C=O) groups is 1. The summed E-state index contributed by atoms with van der Waals surface area (Å²) in [6.45, 7) is 1.16. The van der Waals surface area contributed by atoms with Crippen LogP contribution in [0, 0.1) is 0 Å². The lowest BCUT2D eigenvalue weighted by molar-refractivity contribution is -0.151. The van der Waals surface area contributed by atoms with Gasteiger partial charge in [-0.05, 0) is 25.0 Å². The molecule has 17 heavy (non-hydrogen) atoms. The SMILES string of the molecule is O=C(O)C1(F)CCCN(c2ccccc2)CC1. The fourth-order valence-electron chi connectivity index (χ4n) is 2.21. The van der Waals surface area contributed by atoms with E-state index in [0.29, 0.717) is 19.5 Å². The second-order valence-electron chi connectivity index (χ2n) is 4.45. The van der Waals surface area contributed by atoms with E-state index < -0.39 is 11.6 Å². The van der Waals surface area contributed by atoms with Crippen LogP contribution in [0.5, 0.6) is 0 Å². The summed E-state index contributed by atoms with van der Waals surface area (Å²) in [6.07, 6.45) is 0.723. The fraction of sp³-hybridized carbons (Fsp3) is 0.462. The molecule has 0 aromatic heterocycles. The molecule has 1 atom stereocenters. The second kappa shape index (κ2) is 4.73. The number of alkyl halides is 1. The predicted molar refractivity (Wildman–Crippen MR) is 64.0 cm³/mol. The predicted octanol–water partition coefficient (Wildman–Crippen LogP) is 2.47. The van der Waals surface area contributed by atoms with Crippen LogP contribution in [0.4, 0.5) is 10.1 Å². The number of hydrogen-bond donors (Lipinski definition) is 1. The van der Waals surface area contributed by atoms with Gasteiger partial charge in [0.2, 0.25) is 5.67 Å². The van der Waals surface area contributed by atoms with E-state index in [9.17, 15) is 9.18 Å². The van der Waals surface area contributed by atoms with Crippen molar-refractivity contribution in [3.05, 3.63) is 30.3 Å². The molecule has 1 aromatic rings. The van der Waals surface area contributed by atoms with Crippen LogP contribution in [0.25, 0.3) is 0 Å². The van der Waals surface area contributed by atoms with Gasteiger partial charge in [-0.3, -0.25) is 0 Å². The number of para-hydroxylation sites is 1. The molecule has 1 aliphatic heterocycles. The van der Waals surface area contributed by atoms with Gasteiger partial charge in [-0.1, -0.05) is 18.2 Å². The van der Waals surface area contributed by atoms with E-state index in [1.165, 1.54) is 0 Å². The Morgan fingerprint density at radius 3 is 2.59 bits per heavy atom. The van der Waals surface area contributed by atoms with E-state index in [0.717, 1.165) is 5.69 Å². The number of hydrogen-bond acceptors (Lipinski definition) is 2. The van der Waals surface area contributed by atoms with Crippen LogP contribution in [0.15, 0.2) is 30.3 Å². The first-order chi connectivity index (χ1) is 8.12. The molecule has 0 amide bonds. The van der Waals surface area contributed by atoms with Crippen LogP contribution < -0.4 is 4.90 Å². The lowest BCUT2D eigenvalue weighted by atomic mass is 9.97. The van der Waals surface area contributed by atoms with Crippen molar-refractivity contribution in [1.29, 1.82) is 0 Å². The Labute approximate surface area is 99.9 Å². The standard InChI is InChI=1S/C13H16FNO2/c14-13(12(16)17)7-4-9-15(10-8-13)11-5-2-1-3-6-11/h1-3,5-6H,4,7-10H2,(H,16,17). The summed E-state index contributed by atoms with van der Waals surface area (Å²) in [5, 5.41) is 8.89. The van der Waals surface area contributed by atoms with Gasteiger partial charge < -0.3 is 10.0 Å². The number of nitrogens with zero attached hydrogens (tertiary/aromatic N) is 1. The van der Waals surface area contributed by atoms with E-state index in [1.54, 1.807) is 0 Å². The highest BCUT2D eigenvalue weighted by Gasteiger charge is 2.39. The zero-order valence-corrected chi connectivity index (χ0v) is 9.60. The van der Waals surface area contributed by atoms with Crippen LogP contribution in [-0.4, -0.2) is 29.8 Å². The molecule has 2 rings (SSSR count). The van der Waals surface area contributed by atoms with Crippen LogP contribution >= 0.6 is 0 Å². The van der Waals surface area contributed by atoms with E-state index in [1.807, 2.05) is 35.2 Å². The average molecular weight is 237 g/mol. The molecule has 0 radical (unpaired) electrons. The van der Waals surface area contributed by atoms with Gasteiger partial charge in [-0.15, -0.1) is 0 Å². The van der Waals surface area contributed by atoms with Crippen LogP contribution in [-0.2, 0) is 4.79 Å². The van der Waals surface area contributed by atoms with Crippen molar-refractivity contribution in [2.24, 2.45) is 0 Å². The zero-order chi connectivity index (χ0) is 12.3. The Balaban J connectivity index is 2.09. The zero-order valence-electron chi connectivity index (χ0n) is 9.60. The summed E-state index contributed by atoms with van der Waals surface area (Å²) in [4.78, 5) is 12.9. The van der Waals surface area contributed by atoms with Crippen molar-refractivity contribution in [2.45, 2.75) is 24.9 Å². The first kappa shape index (κ1) is 11.9. The van der Waals surface area contributed by atoms with Gasteiger partial charge >= 0.3 is 5.97 Å². The summed E-state index contributed by atoms with van der Waals surface area (Å²) in [5.41, 5.74) is -1.02. The van der Waals surface area contributed by atoms with E-state index >= 15 is 0 Å². The normalized spacial score (nSPS) is 25.4. The maximum atomic E-state index is 14.0. The van der Waals surface area contributed by atoms with Gasteiger partial charge in [0.05, 0.1) is 0 Å². The maximum absolute atomic E-state index is 14.0. The minimum atomic E-state index is -2.05. The van der Waals surface area contributed by atoms with Crippen molar-refractivity contribution in [3.8, 4) is 0 Å². The molecule has 3 nitrogen and oxygen atoms in total. The molecule has 0 bridgehead atoms. The quantitative estimate of drug-likeness (QED) is 0.859. The van der Waals surface area contributed by atoms with E-state index in [4.69, 9.17) is 5.11 Å². The number of rotatable bonds is 2. The first-order valence-electron chi connectivity index (χ1n) is 5.84. The minimum absolute atomic E-state index is 0.0528. The summed E-state index contributed by atoms with van der Waals surface area (Å²) < 4.78 is 14.0. The lowest BCUT2D eigenvalue weighted by Crippen LogP contribution is -2.35. The minimum Gasteiger partial charge on any atom is -0.479 e. The Morgan fingerprint density at radius 2 is 1.94 bits per heavy atom. The molecule has 1 N–H and O–H groups in total. The highest BCUT2D eigenvalue weighted by Crippen LogP contribution is 2.29. The van der Waals surface area contributed by atoms with Gasteiger partial charge in [0, 0.05) is 25.2 Å². The smallest absolute Gasteiger partial charge is 0.341 e. The molecule has 1 aliphatic rings. The third-order valence-corrected chi connectivity index (χ3v) is 3.28. The van der Waals surface area contributed by atoms with E-state index in [2.05, 4.69) is 0 Å². The second-order valence-corrected chi connectivity index (χ2v) is 4.45. The summed E-state index contributed by atoms with van der Waals surface area (Å²) in [6, 6.07) is 9.72. The summed E-state index contributed by atoms with van der Waals surface area (Å²) in [5.74, 6) is -1.33. The number of anilines is 1. The summed E-state index contributed by atoms with van der Waals surface area (Å²) in [7, 11) is 0. The van der Waals surface area contributed by atoms with Crippen LogP contribution in [0.3, 0.4) is 0 Å². The molecule has 1 aromatic carbocycles. The van der Waals surface area contributed by atoms with Crippen molar-refractivity contribution >= 4 is 11.7 Å². The monoisotopic (exact) mass is 237 g/mol. The third-order valence-electron chi connectivity index (χ3n) is 3.28. The Bertz CT molecular complexity index is 396. The molecule has 0 saturated carbocycles. The van der Waals surface area contributed by atoms with Crippen molar-refractivity contribution in [2.75, 3.05) is 18.0 Å². The number of carboxylic acid groups (broad SMARTS) is 1. The third kappa shape index (κ3) is 2.57. The number of halogens is 1. The maximum Gasteiger partial charge on any atom is 0.341 e. The molecule has 4 heteroatoms. The Kier molecular flexibility index (Phi) is 3.31. The molecule has 0 aliphatic carbocycles. The number of aliphatic carboxylic acids is 1. The first-order valence-corrected chi connectivity index (χ1v) is 5.84. The molecular formula is C13H16FNO2. The van der Waals surface area contributed by atoms with Gasteiger partial charge in [0.15, 0.2) is 0 Å². The molecule has 92 valence electrons. The van der Waals surface area contributed by atoms with Gasteiger partial charge in [-0.2, -0.15) is 0 Å². The van der Waals surface area contributed by atoms with Crippen LogP contribution in [0.2, 0.25) is 0 Å². The number of benzene rings is 1. The highest BCUT2D eigenvalue weighted by atomic mass is 19.1. The van der Waals surface area contributed by atoms with Crippen LogP contribution in [0.1, 0.15) is 19.3 Å². The molecule has 1 saturated heterocycles. The van der Waals surface area contributed by atoms with Crippen molar-refractivity contribution < 1.29 is 14.3 Å². The Morgan fingerprint density at radius 1 is 1.24 bits per heavy atom. The van der Waals surface area contributed by atoms with E-state index in [-0.39, 0.29) is 12.8 Å². The Hall–Kier alpha value is -1.58. The molecule has 1 heterocycles. The van der Waals surface area contributed by atoms with Crippen molar-refractivity contribution in [1.82, 2.24) is 0 Å². The topological polar surface area (TPSA) is 40.5 Å². The van der Waals surface area contributed by atoms with Gasteiger partial charge in [-0.25, -0.2) is 9.18 Å². The highest BCUT2D eigenvalue weighted by molar-refractivity contribution is 5.77.